The van der Waals surface area contributed by atoms with Gasteiger partial charge in [0.1, 0.15) is 11.6 Å². The first-order valence-electron chi connectivity index (χ1n) is 5.12. The molecule has 90 valence electrons. The Morgan fingerprint density at radius 2 is 1.65 bits per heavy atom. The van der Waals surface area contributed by atoms with Crippen molar-refractivity contribution >= 4 is 11.8 Å². The van der Waals surface area contributed by atoms with Gasteiger partial charge in [-0.05, 0) is 25.0 Å². The molecule has 2 N–H and O–H groups in total. The van der Waals surface area contributed by atoms with Gasteiger partial charge in [-0.2, -0.15) is 0 Å². The molecular formula is C11H10F2N2O2. The average molecular weight is 240 g/mol. The second kappa shape index (κ2) is 4.48. The summed E-state index contributed by atoms with van der Waals surface area (Å²) in [7, 11) is 0. The zero-order chi connectivity index (χ0) is 12.4. The lowest BCUT2D eigenvalue weighted by Crippen LogP contribution is -2.42. The smallest absolute Gasteiger partial charge is 0.269 e. The molecule has 17 heavy (non-hydrogen) atoms. The maximum absolute atomic E-state index is 12.8. The molecule has 2 rings (SSSR count). The third-order valence-corrected chi connectivity index (χ3v) is 2.37. The molecular weight excluding hydrogens is 230 g/mol. The Labute approximate surface area is 96.0 Å². The summed E-state index contributed by atoms with van der Waals surface area (Å²) in [5, 5.41) is 0. The first kappa shape index (κ1) is 11.5. The zero-order valence-corrected chi connectivity index (χ0v) is 8.80. The highest BCUT2D eigenvalue weighted by atomic mass is 19.1. The van der Waals surface area contributed by atoms with E-state index in [9.17, 15) is 18.4 Å². The van der Waals surface area contributed by atoms with E-state index < -0.39 is 17.5 Å². The van der Waals surface area contributed by atoms with Crippen LogP contribution in [0.4, 0.5) is 8.78 Å². The van der Waals surface area contributed by atoms with E-state index in [0.717, 1.165) is 25.0 Å². The minimum absolute atomic E-state index is 0.0560. The number of hydrogen-bond donors (Lipinski definition) is 2. The predicted octanol–water partition coefficient (Wildman–Crippen LogP) is 1.14. The summed E-state index contributed by atoms with van der Waals surface area (Å²) < 4.78 is 25.6. The van der Waals surface area contributed by atoms with Gasteiger partial charge in [-0.25, -0.2) is 8.78 Å². The van der Waals surface area contributed by atoms with Crippen molar-refractivity contribution in [2.45, 2.75) is 12.8 Å². The molecule has 1 aliphatic rings. The van der Waals surface area contributed by atoms with Crippen LogP contribution in [0.2, 0.25) is 0 Å². The van der Waals surface area contributed by atoms with E-state index in [1.807, 2.05) is 0 Å². The number of hydrogen-bond acceptors (Lipinski definition) is 2. The van der Waals surface area contributed by atoms with Gasteiger partial charge in [0.05, 0.1) is 0 Å². The van der Waals surface area contributed by atoms with Crippen molar-refractivity contribution in [3.63, 3.8) is 0 Å². The van der Waals surface area contributed by atoms with Gasteiger partial charge < -0.3 is 0 Å². The van der Waals surface area contributed by atoms with E-state index in [1.165, 1.54) is 0 Å². The molecule has 1 fully saturated rings. The van der Waals surface area contributed by atoms with E-state index in [0.29, 0.717) is 6.07 Å². The van der Waals surface area contributed by atoms with E-state index >= 15 is 0 Å². The van der Waals surface area contributed by atoms with E-state index in [4.69, 9.17) is 0 Å². The molecule has 0 radical (unpaired) electrons. The number of hydrazine groups is 1. The summed E-state index contributed by atoms with van der Waals surface area (Å²) in [5.74, 6) is -2.78. The van der Waals surface area contributed by atoms with Gasteiger partial charge in [0.15, 0.2) is 0 Å². The Bertz CT molecular complexity index is 452. The van der Waals surface area contributed by atoms with Crippen molar-refractivity contribution in [1.82, 2.24) is 10.9 Å². The van der Waals surface area contributed by atoms with Crippen LogP contribution in [-0.2, 0) is 4.79 Å². The molecule has 4 nitrogen and oxygen atoms in total. The Kier molecular flexibility index (Phi) is 3.03. The Morgan fingerprint density at radius 3 is 2.18 bits per heavy atom. The standard InChI is InChI=1S/C11H10F2N2O2/c12-8-3-7(4-9(13)5-8)11(17)15-14-10(16)6-1-2-6/h3-6H,1-2H2,(H,14,16)(H,15,17). The fourth-order valence-electron chi connectivity index (χ4n) is 1.32. The number of rotatable bonds is 2. The Hall–Kier alpha value is -1.98. The van der Waals surface area contributed by atoms with Crippen LogP contribution in [0, 0.1) is 17.6 Å². The lowest BCUT2D eigenvalue weighted by Gasteiger charge is -2.06. The zero-order valence-electron chi connectivity index (χ0n) is 8.80. The summed E-state index contributed by atoms with van der Waals surface area (Å²) in [5.41, 5.74) is 4.12. The highest BCUT2D eigenvalue weighted by Crippen LogP contribution is 2.28. The van der Waals surface area contributed by atoms with Gasteiger partial charge >= 0.3 is 0 Å². The molecule has 1 aliphatic carbocycles. The van der Waals surface area contributed by atoms with Gasteiger partial charge in [0.2, 0.25) is 5.91 Å². The molecule has 0 spiro atoms. The molecule has 0 aliphatic heterocycles. The summed E-state index contributed by atoms with van der Waals surface area (Å²) >= 11 is 0. The monoisotopic (exact) mass is 240 g/mol. The minimum atomic E-state index is -0.844. The maximum atomic E-state index is 12.8. The van der Waals surface area contributed by atoms with Crippen LogP contribution < -0.4 is 10.9 Å². The summed E-state index contributed by atoms with van der Waals surface area (Å²) in [6, 6.07) is 2.45. The average Bonchev–Trinajstić information content (AvgIpc) is 3.07. The fourth-order valence-corrected chi connectivity index (χ4v) is 1.32. The number of carbonyl (C=O) groups excluding carboxylic acids is 2. The lowest BCUT2D eigenvalue weighted by atomic mass is 10.2. The molecule has 0 aromatic heterocycles. The molecule has 6 heteroatoms. The maximum Gasteiger partial charge on any atom is 0.269 e. The second-order valence-electron chi connectivity index (χ2n) is 3.88. The van der Waals surface area contributed by atoms with Gasteiger partial charge in [-0.3, -0.25) is 20.4 Å². The SMILES string of the molecule is O=C(NNC(=O)C1CC1)c1cc(F)cc(F)c1. The van der Waals surface area contributed by atoms with Crippen LogP contribution in [-0.4, -0.2) is 11.8 Å². The fraction of sp³-hybridized carbons (Fsp3) is 0.273. The third kappa shape index (κ3) is 2.99. The normalized spacial score (nSPS) is 14.2. The first-order valence-corrected chi connectivity index (χ1v) is 5.12. The van der Waals surface area contributed by atoms with Crippen LogP contribution in [0.5, 0.6) is 0 Å². The van der Waals surface area contributed by atoms with E-state index in [1.54, 1.807) is 0 Å². The van der Waals surface area contributed by atoms with Crippen molar-refractivity contribution in [1.29, 1.82) is 0 Å². The molecule has 0 saturated heterocycles. The Balaban J connectivity index is 1.96. The topological polar surface area (TPSA) is 58.2 Å². The summed E-state index contributed by atoms with van der Waals surface area (Å²) in [4.78, 5) is 22.6. The van der Waals surface area contributed by atoms with E-state index in [2.05, 4.69) is 10.9 Å². The highest BCUT2D eigenvalue weighted by molar-refractivity contribution is 5.95. The van der Waals surface area contributed by atoms with Crippen molar-refractivity contribution in [3.8, 4) is 0 Å². The Morgan fingerprint density at radius 1 is 1.06 bits per heavy atom. The number of benzene rings is 1. The third-order valence-electron chi connectivity index (χ3n) is 2.37. The van der Waals surface area contributed by atoms with Crippen molar-refractivity contribution in [2.24, 2.45) is 5.92 Å². The second-order valence-corrected chi connectivity index (χ2v) is 3.88. The largest absolute Gasteiger partial charge is 0.273 e. The summed E-state index contributed by atoms with van der Waals surface area (Å²) in [6.07, 6.45) is 1.60. The molecule has 0 atom stereocenters. The van der Waals surface area contributed by atoms with Crippen LogP contribution >= 0.6 is 0 Å². The van der Waals surface area contributed by atoms with E-state index in [-0.39, 0.29) is 17.4 Å². The predicted molar refractivity (Wildman–Crippen MR) is 54.7 cm³/mol. The van der Waals surface area contributed by atoms with Crippen molar-refractivity contribution in [3.05, 3.63) is 35.4 Å². The minimum Gasteiger partial charge on any atom is -0.273 e. The first-order chi connectivity index (χ1) is 8.06. The van der Waals surface area contributed by atoms with Crippen LogP contribution in [0.25, 0.3) is 0 Å². The molecule has 1 saturated carbocycles. The van der Waals surface area contributed by atoms with Crippen LogP contribution in [0.15, 0.2) is 18.2 Å². The lowest BCUT2D eigenvalue weighted by molar-refractivity contribution is -0.123. The number of amides is 2. The van der Waals surface area contributed by atoms with Gasteiger partial charge in [0, 0.05) is 17.5 Å². The van der Waals surface area contributed by atoms with Gasteiger partial charge in [-0.15, -0.1) is 0 Å². The highest BCUT2D eigenvalue weighted by Gasteiger charge is 2.29. The molecule has 2 amide bonds. The molecule has 0 bridgehead atoms. The molecule has 1 aromatic carbocycles. The summed E-state index contributed by atoms with van der Waals surface area (Å²) in [6.45, 7) is 0. The number of halogens is 2. The number of nitrogens with one attached hydrogen (secondary N) is 2. The molecule has 0 unspecified atom stereocenters. The molecule has 1 aromatic rings. The van der Waals surface area contributed by atoms with Crippen molar-refractivity contribution < 1.29 is 18.4 Å². The van der Waals surface area contributed by atoms with Gasteiger partial charge in [0.25, 0.3) is 5.91 Å². The quantitative estimate of drug-likeness (QED) is 0.761. The molecule has 0 heterocycles. The number of carbonyl (C=O) groups is 2. The van der Waals surface area contributed by atoms with Crippen molar-refractivity contribution in [2.75, 3.05) is 0 Å². The van der Waals surface area contributed by atoms with Crippen LogP contribution in [0.1, 0.15) is 23.2 Å². The van der Waals surface area contributed by atoms with Gasteiger partial charge in [-0.1, -0.05) is 0 Å². The van der Waals surface area contributed by atoms with Crippen LogP contribution in [0.3, 0.4) is 0 Å².